The van der Waals surface area contributed by atoms with Gasteiger partial charge in [0.25, 0.3) is 0 Å². The summed E-state index contributed by atoms with van der Waals surface area (Å²) in [6.45, 7) is 3.93. The van der Waals surface area contributed by atoms with Gasteiger partial charge in [-0.1, -0.05) is 6.07 Å². The smallest absolute Gasteiger partial charge is 0.322 e. The molecule has 1 N–H and O–H groups in total. The Morgan fingerprint density at radius 3 is 2.35 bits per heavy atom. The number of carboxylic acid groups (broad SMARTS) is 1. The monoisotopic (exact) mass is 297 g/mol. The lowest BCUT2D eigenvalue weighted by Crippen LogP contribution is -2.47. The van der Waals surface area contributed by atoms with Crippen LogP contribution in [0.1, 0.15) is 30.4 Å². The molecular formula is C14H19NO4S. The van der Waals surface area contributed by atoms with Gasteiger partial charge in [-0.2, -0.15) is 4.31 Å². The number of aryl methyl sites for hydroxylation is 2. The Hall–Kier alpha value is -1.40. The highest BCUT2D eigenvalue weighted by atomic mass is 32.2. The van der Waals surface area contributed by atoms with E-state index < -0.39 is 22.0 Å². The highest BCUT2D eigenvalue weighted by molar-refractivity contribution is 7.89. The largest absolute Gasteiger partial charge is 0.480 e. The van der Waals surface area contributed by atoms with Crippen LogP contribution in [-0.2, 0) is 14.8 Å². The lowest BCUT2D eigenvalue weighted by atomic mass is 10.1. The van der Waals surface area contributed by atoms with Crippen LogP contribution in [0.4, 0.5) is 0 Å². The Kier molecular flexibility index (Phi) is 4.15. The molecular weight excluding hydrogens is 278 g/mol. The van der Waals surface area contributed by atoms with E-state index in [1.165, 1.54) is 0 Å². The molecule has 1 heterocycles. The Morgan fingerprint density at radius 2 is 1.80 bits per heavy atom. The molecule has 1 saturated heterocycles. The summed E-state index contributed by atoms with van der Waals surface area (Å²) in [5.74, 6) is -1.07. The van der Waals surface area contributed by atoms with E-state index in [1.807, 2.05) is 19.9 Å². The van der Waals surface area contributed by atoms with Gasteiger partial charge in [-0.15, -0.1) is 0 Å². The van der Waals surface area contributed by atoms with Gasteiger partial charge in [0.15, 0.2) is 0 Å². The summed E-state index contributed by atoms with van der Waals surface area (Å²) in [6.07, 6.45) is 1.82. The molecule has 1 fully saturated rings. The van der Waals surface area contributed by atoms with Crippen molar-refractivity contribution in [1.29, 1.82) is 0 Å². The molecule has 2 rings (SSSR count). The third-order valence-corrected chi connectivity index (χ3v) is 5.43. The Bertz CT molecular complexity index is 604. The van der Waals surface area contributed by atoms with E-state index in [0.717, 1.165) is 21.9 Å². The first kappa shape index (κ1) is 15.0. The van der Waals surface area contributed by atoms with E-state index in [0.29, 0.717) is 12.8 Å². The van der Waals surface area contributed by atoms with Crippen LogP contribution >= 0.6 is 0 Å². The fraction of sp³-hybridized carbons (Fsp3) is 0.500. The van der Waals surface area contributed by atoms with E-state index in [4.69, 9.17) is 0 Å². The third kappa shape index (κ3) is 2.86. The van der Waals surface area contributed by atoms with Crippen LogP contribution in [-0.4, -0.2) is 36.4 Å². The zero-order chi connectivity index (χ0) is 14.9. The van der Waals surface area contributed by atoms with Crippen LogP contribution in [0.25, 0.3) is 0 Å². The number of aliphatic carboxylic acids is 1. The molecule has 6 heteroatoms. The SMILES string of the molecule is Cc1cc(C)cc(S(=O)(=O)N2CCCC[C@H]2C(=O)O)c1. The Labute approximate surface area is 119 Å². The average molecular weight is 297 g/mol. The van der Waals surface area contributed by atoms with Crippen molar-refractivity contribution in [2.75, 3.05) is 6.54 Å². The zero-order valence-electron chi connectivity index (χ0n) is 11.7. The van der Waals surface area contributed by atoms with Gasteiger partial charge in [-0.05, 0) is 56.4 Å². The highest BCUT2D eigenvalue weighted by Gasteiger charge is 2.37. The van der Waals surface area contributed by atoms with Crippen molar-refractivity contribution in [3.8, 4) is 0 Å². The second-order valence-electron chi connectivity index (χ2n) is 5.29. The maximum absolute atomic E-state index is 12.7. The van der Waals surface area contributed by atoms with E-state index in [-0.39, 0.29) is 11.4 Å². The molecule has 20 heavy (non-hydrogen) atoms. The number of hydrogen-bond acceptors (Lipinski definition) is 3. The first-order chi connectivity index (χ1) is 9.32. The first-order valence-corrected chi connectivity index (χ1v) is 8.09. The normalized spacial score (nSPS) is 20.8. The Balaban J connectivity index is 2.44. The minimum absolute atomic E-state index is 0.183. The van der Waals surface area contributed by atoms with Crippen LogP contribution in [0.15, 0.2) is 23.1 Å². The van der Waals surface area contributed by atoms with Crippen molar-refractivity contribution in [3.63, 3.8) is 0 Å². The third-order valence-electron chi connectivity index (χ3n) is 3.54. The minimum atomic E-state index is -3.75. The lowest BCUT2D eigenvalue weighted by Gasteiger charge is -2.32. The van der Waals surface area contributed by atoms with Crippen LogP contribution in [0.3, 0.4) is 0 Å². The highest BCUT2D eigenvalue weighted by Crippen LogP contribution is 2.26. The molecule has 0 aromatic heterocycles. The number of nitrogens with zero attached hydrogens (tertiary/aromatic N) is 1. The van der Waals surface area contributed by atoms with E-state index in [2.05, 4.69) is 0 Å². The molecule has 0 amide bonds. The molecule has 1 aliphatic rings. The molecule has 0 aliphatic carbocycles. The predicted molar refractivity (Wildman–Crippen MR) is 75.1 cm³/mol. The van der Waals surface area contributed by atoms with Gasteiger partial charge in [0.05, 0.1) is 4.90 Å². The van der Waals surface area contributed by atoms with Gasteiger partial charge in [-0.25, -0.2) is 8.42 Å². The molecule has 0 spiro atoms. The number of sulfonamides is 1. The Morgan fingerprint density at radius 1 is 1.20 bits per heavy atom. The molecule has 1 atom stereocenters. The zero-order valence-corrected chi connectivity index (χ0v) is 12.5. The van der Waals surface area contributed by atoms with Crippen molar-refractivity contribution in [3.05, 3.63) is 29.3 Å². The molecule has 5 nitrogen and oxygen atoms in total. The van der Waals surface area contributed by atoms with E-state index >= 15 is 0 Å². The van der Waals surface area contributed by atoms with Gasteiger partial charge in [0.2, 0.25) is 10.0 Å². The number of hydrogen-bond donors (Lipinski definition) is 1. The van der Waals surface area contributed by atoms with Crippen molar-refractivity contribution in [2.45, 2.75) is 44.0 Å². The summed E-state index contributed by atoms with van der Waals surface area (Å²) in [5, 5.41) is 9.22. The van der Waals surface area contributed by atoms with E-state index in [1.54, 1.807) is 12.1 Å². The molecule has 0 saturated carbocycles. The maximum Gasteiger partial charge on any atom is 0.322 e. The molecule has 1 aliphatic heterocycles. The molecule has 0 radical (unpaired) electrons. The molecule has 0 bridgehead atoms. The second kappa shape index (κ2) is 5.54. The molecule has 110 valence electrons. The average Bonchev–Trinajstić information content (AvgIpc) is 2.37. The van der Waals surface area contributed by atoms with Crippen LogP contribution < -0.4 is 0 Å². The van der Waals surface area contributed by atoms with Crippen molar-refractivity contribution in [1.82, 2.24) is 4.31 Å². The van der Waals surface area contributed by atoms with Gasteiger partial charge < -0.3 is 5.11 Å². The standard InChI is InChI=1S/C14H19NO4S/c1-10-7-11(2)9-12(8-10)20(18,19)15-6-4-3-5-13(15)14(16)17/h7-9,13H,3-6H2,1-2H3,(H,16,17)/t13-/m0/s1. The topological polar surface area (TPSA) is 74.7 Å². The van der Waals surface area contributed by atoms with Crippen molar-refractivity contribution < 1.29 is 18.3 Å². The maximum atomic E-state index is 12.7. The summed E-state index contributed by atoms with van der Waals surface area (Å²) in [4.78, 5) is 11.5. The number of benzene rings is 1. The molecule has 1 aromatic carbocycles. The number of carbonyl (C=O) groups is 1. The van der Waals surface area contributed by atoms with Gasteiger partial charge in [0, 0.05) is 6.54 Å². The minimum Gasteiger partial charge on any atom is -0.480 e. The summed E-state index contributed by atoms with van der Waals surface area (Å²) < 4.78 is 26.5. The van der Waals surface area contributed by atoms with Crippen LogP contribution in [0, 0.1) is 13.8 Å². The van der Waals surface area contributed by atoms with Crippen LogP contribution in [0.2, 0.25) is 0 Å². The second-order valence-corrected chi connectivity index (χ2v) is 7.18. The first-order valence-electron chi connectivity index (χ1n) is 6.65. The fourth-order valence-electron chi connectivity index (χ4n) is 2.66. The summed E-state index contributed by atoms with van der Waals surface area (Å²) in [6, 6.07) is 4.13. The summed E-state index contributed by atoms with van der Waals surface area (Å²) in [5.41, 5.74) is 1.71. The summed E-state index contributed by atoms with van der Waals surface area (Å²) >= 11 is 0. The van der Waals surface area contributed by atoms with Crippen molar-refractivity contribution >= 4 is 16.0 Å². The number of carboxylic acids is 1. The van der Waals surface area contributed by atoms with Gasteiger partial charge in [-0.3, -0.25) is 4.79 Å². The summed E-state index contributed by atoms with van der Waals surface area (Å²) in [7, 11) is -3.75. The quantitative estimate of drug-likeness (QED) is 0.925. The number of piperidine rings is 1. The molecule has 1 aromatic rings. The predicted octanol–water partition coefficient (Wildman–Crippen LogP) is 1.93. The van der Waals surface area contributed by atoms with Gasteiger partial charge >= 0.3 is 5.97 Å². The van der Waals surface area contributed by atoms with Gasteiger partial charge in [0.1, 0.15) is 6.04 Å². The lowest BCUT2D eigenvalue weighted by molar-refractivity contribution is -0.142. The number of rotatable bonds is 3. The fourth-order valence-corrected chi connectivity index (χ4v) is 4.50. The molecule has 0 unspecified atom stereocenters. The van der Waals surface area contributed by atoms with Crippen molar-refractivity contribution in [2.24, 2.45) is 0 Å². The van der Waals surface area contributed by atoms with E-state index in [9.17, 15) is 18.3 Å². The van der Waals surface area contributed by atoms with Crippen LogP contribution in [0.5, 0.6) is 0 Å².